The molecule has 1 saturated heterocycles. The molecule has 0 bridgehead atoms. The van der Waals surface area contributed by atoms with Crippen LogP contribution >= 0.6 is 12.2 Å². The number of hydrogen-bond donors (Lipinski definition) is 2. The van der Waals surface area contributed by atoms with Gasteiger partial charge in [0, 0.05) is 19.1 Å². The number of nitrogens with one attached hydrogen (secondary N) is 2. The van der Waals surface area contributed by atoms with E-state index in [1.165, 1.54) is 31.4 Å². The second-order valence-corrected chi connectivity index (χ2v) is 6.99. The van der Waals surface area contributed by atoms with Crippen LogP contribution in [0.15, 0.2) is 24.3 Å². The van der Waals surface area contributed by atoms with Crippen LogP contribution < -0.4 is 15.5 Å². The Kier molecular flexibility index (Phi) is 5.73. The number of para-hydroxylation sites is 2. The molecule has 2 N–H and O–H groups in total. The molecule has 2 atom stereocenters. The second kappa shape index (κ2) is 7.97. The van der Waals surface area contributed by atoms with Crippen LogP contribution in [-0.4, -0.2) is 37.5 Å². The fourth-order valence-electron chi connectivity index (χ4n) is 3.52. The first-order valence-corrected chi connectivity index (χ1v) is 9.14. The number of ether oxygens (including phenoxy) is 1. The van der Waals surface area contributed by atoms with Crippen LogP contribution in [0, 0.1) is 5.92 Å². The topological polar surface area (TPSA) is 36.5 Å². The lowest BCUT2D eigenvalue weighted by Gasteiger charge is -2.32. The molecular weight excluding hydrogens is 306 g/mol. The summed E-state index contributed by atoms with van der Waals surface area (Å²) in [6, 6.07) is 8.88. The van der Waals surface area contributed by atoms with E-state index in [-0.39, 0.29) is 0 Å². The highest BCUT2D eigenvalue weighted by Crippen LogP contribution is 2.27. The van der Waals surface area contributed by atoms with E-state index in [4.69, 9.17) is 17.0 Å². The van der Waals surface area contributed by atoms with Crippen LogP contribution in [0.5, 0.6) is 0 Å². The molecule has 0 unspecified atom stereocenters. The van der Waals surface area contributed by atoms with Crippen LogP contribution in [0.1, 0.15) is 32.6 Å². The van der Waals surface area contributed by atoms with Gasteiger partial charge in [0.1, 0.15) is 0 Å². The summed E-state index contributed by atoms with van der Waals surface area (Å²) in [5, 5.41) is 7.68. The van der Waals surface area contributed by atoms with Gasteiger partial charge in [-0.05, 0) is 43.1 Å². The average Bonchev–Trinajstić information content (AvgIpc) is 2.58. The summed E-state index contributed by atoms with van der Waals surface area (Å²) in [4.78, 5) is 2.36. The highest BCUT2D eigenvalue weighted by Gasteiger charge is 2.22. The molecule has 1 aromatic rings. The predicted octanol–water partition coefficient (Wildman–Crippen LogP) is 3.39. The van der Waals surface area contributed by atoms with Crippen molar-refractivity contribution >= 4 is 28.7 Å². The van der Waals surface area contributed by atoms with Crippen LogP contribution in [-0.2, 0) is 4.74 Å². The van der Waals surface area contributed by atoms with Crippen molar-refractivity contribution in [1.82, 2.24) is 5.32 Å². The molecule has 1 saturated carbocycles. The standard InChI is InChI=1S/C18H27N3OS/c1-14-6-2-3-7-15(14)19-18(23)20-16-8-4-5-9-17(16)21-10-12-22-13-11-21/h4-5,8-9,14-15H,2-3,6-7,10-13H2,1H3,(H2,19,20,23)/t14-,15+/m0/s1. The quantitative estimate of drug-likeness (QED) is 0.829. The van der Waals surface area contributed by atoms with Crippen LogP contribution in [0.4, 0.5) is 11.4 Å². The van der Waals surface area contributed by atoms with Crippen LogP contribution in [0.25, 0.3) is 0 Å². The number of thiocarbonyl (C=S) groups is 1. The molecule has 0 aromatic heterocycles. The van der Waals surface area contributed by atoms with Crippen molar-refractivity contribution in [3.63, 3.8) is 0 Å². The van der Waals surface area contributed by atoms with Gasteiger partial charge in [0.25, 0.3) is 0 Å². The Morgan fingerprint density at radius 2 is 1.91 bits per heavy atom. The number of nitrogens with zero attached hydrogens (tertiary/aromatic N) is 1. The summed E-state index contributed by atoms with van der Waals surface area (Å²) in [6.07, 6.45) is 5.16. The van der Waals surface area contributed by atoms with Gasteiger partial charge in [-0.2, -0.15) is 0 Å². The molecule has 1 aliphatic heterocycles. The monoisotopic (exact) mass is 333 g/mol. The summed E-state index contributed by atoms with van der Waals surface area (Å²) in [5.41, 5.74) is 2.28. The molecular formula is C18H27N3OS. The average molecular weight is 334 g/mol. The molecule has 0 radical (unpaired) electrons. The highest BCUT2D eigenvalue weighted by molar-refractivity contribution is 7.80. The Morgan fingerprint density at radius 3 is 2.70 bits per heavy atom. The van der Waals surface area contributed by atoms with Crippen molar-refractivity contribution in [3.8, 4) is 0 Å². The normalized spacial score (nSPS) is 25.0. The zero-order valence-corrected chi connectivity index (χ0v) is 14.7. The summed E-state index contributed by atoms with van der Waals surface area (Å²) in [7, 11) is 0. The molecule has 2 aliphatic rings. The zero-order valence-electron chi connectivity index (χ0n) is 13.9. The van der Waals surface area contributed by atoms with E-state index in [9.17, 15) is 0 Å². The molecule has 126 valence electrons. The molecule has 3 rings (SSSR count). The van der Waals surface area contributed by atoms with Gasteiger partial charge in [-0.15, -0.1) is 0 Å². The second-order valence-electron chi connectivity index (χ2n) is 6.58. The first-order valence-electron chi connectivity index (χ1n) is 8.73. The maximum absolute atomic E-state index is 5.57. The van der Waals surface area contributed by atoms with E-state index in [2.05, 4.69) is 46.7 Å². The molecule has 1 aromatic carbocycles. The van der Waals surface area contributed by atoms with Gasteiger partial charge in [-0.1, -0.05) is 31.9 Å². The summed E-state index contributed by atoms with van der Waals surface area (Å²) >= 11 is 5.57. The lowest BCUT2D eigenvalue weighted by molar-refractivity contribution is 0.123. The van der Waals surface area contributed by atoms with E-state index >= 15 is 0 Å². The zero-order chi connectivity index (χ0) is 16.1. The fraction of sp³-hybridized carbons (Fsp3) is 0.611. The Morgan fingerprint density at radius 1 is 1.17 bits per heavy atom. The van der Waals surface area contributed by atoms with Gasteiger partial charge in [-0.3, -0.25) is 0 Å². The molecule has 1 aliphatic carbocycles. The molecule has 5 heteroatoms. The van der Waals surface area contributed by atoms with Crippen LogP contribution in [0.2, 0.25) is 0 Å². The lowest BCUT2D eigenvalue weighted by atomic mass is 9.86. The molecule has 2 fully saturated rings. The molecule has 0 amide bonds. The molecule has 0 spiro atoms. The number of morpholine rings is 1. The maximum Gasteiger partial charge on any atom is 0.171 e. The first-order chi connectivity index (χ1) is 11.2. The number of hydrogen-bond acceptors (Lipinski definition) is 3. The highest BCUT2D eigenvalue weighted by atomic mass is 32.1. The Balaban J connectivity index is 1.63. The number of anilines is 2. The Hall–Kier alpha value is -1.33. The molecule has 1 heterocycles. The van der Waals surface area contributed by atoms with Crippen molar-refractivity contribution in [2.45, 2.75) is 38.6 Å². The smallest absolute Gasteiger partial charge is 0.171 e. The summed E-state index contributed by atoms with van der Waals surface area (Å²) in [6.45, 7) is 5.76. The van der Waals surface area contributed by atoms with Gasteiger partial charge in [-0.25, -0.2) is 0 Å². The third-order valence-electron chi connectivity index (χ3n) is 4.93. The third kappa shape index (κ3) is 4.36. The van der Waals surface area contributed by atoms with E-state index < -0.39 is 0 Å². The van der Waals surface area contributed by atoms with E-state index in [0.29, 0.717) is 12.0 Å². The largest absolute Gasteiger partial charge is 0.378 e. The van der Waals surface area contributed by atoms with E-state index in [1.807, 2.05) is 0 Å². The van der Waals surface area contributed by atoms with Crippen molar-refractivity contribution in [3.05, 3.63) is 24.3 Å². The number of rotatable bonds is 3. The van der Waals surface area contributed by atoms with E-state index in [0.717, 1.165) is 37.1 Å². The van der Waals surface area contributed by atoms with Crippen LogP contribution in [0.3, 0.4) is 0 Å². The number of benzene rings is 1. The molecule has 4 nitrogen and oxygen atoms in total. The van der Waals surface area contributed by atoms with E-state index in [1.54, 1.807) is 0 Å². The maximum atomic E-state index is 5.57. The van der Waals surface area contributed by atoms with Crippen molar-refractivity contribution in [2.75, 3.05) is 36.5 Å². The van der Waals surface area contributed by atoms with Gasteiger partial charge in [0.15, 0.2) is 5.11 Å². The Bertz CT molecular complexity index is 531. The van der Waals surface area contributed by atoms with Crippen molar-refractivity contribution in [2.24, 2.45) is 5.92 Å². The minimum Gasteiger partial charge on any atom is -0.378 e. The van der Waals surface area contributed by atoms with Crippen molar-refractivity contribution < 1.29 is 4.74 Å². The Labute approximate surface area is 144 Å². The lowest BCUT2D eigenvalue weighted by Crippen LogP contribution is -2.43. The predicted molar refractivity (Wildman–Crippen MR) is 100 cm³/mol. The van der Waals surface area contributed by atoms with Crippen molar-refractivity contribution in [1.29, 1.82) is 0 Å². The van der Waals surface area contributed by atoms with Gasteiger partial charge < -0.3 is 20.3 Å². The SMILES string of the molecule is C[C@H]1CCCC[C@H]1NC(=S)Nc1ccccc1N1CCOCC1. The minimum atomic E-state index is 0.499. The van der Waals surface area contributed by atoms with Gasteiger partial charge in [0.05, 0.1) is 24.6 Å². The molecule has 23 heavy (non-hydrogen) atoms. The van der Waals surface area contributed by atoms with Gasteiger partial charge in [0.2, 0.25) is 0 Å². The third-order valence-corrected chi connectivity index (χ3v) is 5.15. The summed E-state index contributed by atoms with van der Waals surface area (Å²) < 4.78 is 5.45. The fourth-order valence-corrected chi connectivity index (χ4v) is 3.78. The summed E-state index contributed by atoms with van der Waals surface area (Å²) in [5.74, 6) is 0.693. The minimum absolute atomic E-state index is 0.499. The first kappa shape index (κ1) is 16.5. The van der Waals surface area contributed by atoms with Gasteiger partial charge >= 0.3 is 0 Å².